The van der Waals surface area contributed by atoms with Gasteiger partial charge in [0.05, 0.1) is 36.6 Å². The van der Waals surface area contributed by atoms with Crippen LogP contribution in [0.15, 0.2) is 0 Å². The third-order valence-electron chi connectivity index (χ3n) is 3.34. The molecule has 0 bridgehead atoms. The lowest BCUT2D eigenvalue weighted by atomic mass is 9.99. The lowest BCUT2D eigenvalue weighted by Crippen LogP contribution is -2.44. The SMILES string of the molecule is CCCC(C)(C)OC(C)C(C)(C)OCCOC(C)C. The molecule has 0 saturated heterocycles. The highest BCUT2D eigenvalue weighted by molar-refractivity contribution is 4.81. The van der Waals surface area contributed by atoms with Crippen molar-refractivity contribution in [1.82, 2.24) is 0 Å². The van der Waals surface area contributed by atoms with Crippen LogP contribution in [0.4, 0.5) is 0 Å². The summed E-state index contributed by atoms with van der Waals surface area (Å²) >= 11 is 0. The topological polar surface area (TPSA) is 27.7 Å². The predicted octanol–water partition coefficient (Wildman–Crippen LogP) is 4.19. The van der Waals surface area contributed by atoms with E-state index in [1.165, 1.54) is 0 Å². The third-order valence-corrected chi connectivity index (χ3v) is 3.34. The van der Waals surface area contributed by atoms with Crippen LogP contribution in [-0.2, 0) is 14.2 Å². The maximum absolute atomic E-state index is 6.16. The van der Waals surface area contributed by atoms with Crippen molar-refractivity contribution in [1.29, 1.82) is 0 Å². The summed E-state index contributed by atoms with van der Waals surface area (Å²) in [5.41, 5.74) is -0.394. The third kappa shape index (κ3) is 8.61. The Kier molecular flexibility index (Phi) is 8.18. The van der Waals surface area contributed by atoms with Gasteiger partial charge in [0.2, 0.25) is 0 Å². The van der Waals surface area contributed by atoms with Crippen LogP contribution in [-0.4, -0.2) is 36.6 Å². The van der Waals surface area contributed by atoms with E-state index in [9.17, 15) is 0 Å². The lowest BCUT2D eigenvalue weighted by molar-refractivity contribution is -0.173. The van der Waals surface area contributed by atoms with Crippen molar-refractivity contribution < 1.29 is 14.2 Å². The summed E-state index contributed by atoms with van der Waals surface area (Å²) in [5, 5.41) is 0. The molecule has 0 rings (SSSR count). The summed E-state index contributed by atoms with van der Waals surface area (Å²) in [6, 6.07) is 0. The highest BCUT2D eigenvalue weighted by Crippen LogP contribution is 2.25. The second kappa shape index (κ2) is 8.23. The standard InChI is InChI=1S/C16H34O3/c1-9-10-15(5,6)19-14(4)16(7,8)18-12-11-17-13(2)3/h13-14H,9-12H2,1-8H3. The molecule has 19 heavy (non-hydrogen) atoms. The summed E-state index contributed by atoms with van der Waals surface area (Å²) in [4.78, 5) is 0. The minimum absolute atomic E-state index is 0.0492. The van der Waals surface area contributed by atoms with Gasteiger partial charge in [-0.1, -0.05) is 13.3 Å². The Balaban J connectivity index is 4.16. The lowest BCUT2D eigenvalue weighted by Gasteiger charge is -2.38. The average molecular weight is 274 g/mol. The van der Waals surface area contributed by atoms with Gasteiger partial charge in [-0.15, -0.1) is 0 Å². The maximum atomic E-state index is 6.16. The van der Waals surface area contributed by atoms with Crippen molar-refractivity contribution in [3.63, 3.8) is 0 Å². The van der Waals surface area contributed by atoms with Crippen LogP contribution >= 0.6 is 0 Å². The Hall–Kier alpha value is -0.120. The molecule has 0 aliphatic heterocycles. The number of hydrogen-bond acceptors (Lipinski definition) is 3. The molecular formula is C16H34O3. The molecule has 0 spiro atoms. The van der Waals surface area contributed by atoms with Crippen molar-refractivity contribution in [2.45, 2.75) is 91.6 Å². The Bertz CT molecular complexity index is 234. The molecule has 0 saturated carbocycles. The molecule has 0 aliphatic carbocycles. The fourth-order valence-electron chi connectivity index (χ4n) is 1.99. The van der Waals surface area contributed by atoms with Gasteiger partial charge in [0.1, 0.15) is 0 Å². The molecule has 116 valence electrons. The summed E-state index contributed by atoms with van der Waals surface area (Å²) in [7, 11) is 0. The van der Waals surface area contributed by atoms with Crippen molar-refractivity contribution >= 4 is 0 Å². The zero-order valence-corrected chi connectivity index (χ0v) is 14.2. The zero-order valence-electron chi connectivity index (χ0n) is 14.2. The van der Waals surface area contributed by atoms with Gasteiger partial charge in [-0.05, 0) is 54.9 Å². The Morgan fingerprint density at radius 3 is 2.00 bits per heavy atom. The van der Waals surface area contributed by atoms with Gasteiger partial charge in [0.25, 0.3) is 0 Å². The van der Waals surface area contributed by atoms with E-state index >= 15 is 0 Å². The number of rotatable bonds is 10. The first-order valence-corrected chi connectivity index (χ1v) is 7.54. The molecule has 1 unspecified atom stereocenters. The molecule has 0 fully saturated rings. The Labute approximate surface area is 120 Å². The smallest absolute Gasteiger partial charge is 0.0885 e. The van der Waals surface area contributed by atoms with Gasteiger partial charge >= 0.3 is 0 Å². The summed E-state index contributed by atoms with van der Waals surface area (Å²) in [5.74, 6) is 0. The molecule has 0 aliphatic rings. The second-order valence-corrected chi connectivity index (χ2v) is 6.64. The molecule has 0 heterocycles. The van der Waals surface area contributed by atoms with E-state index in [0.717, 1.165) is 12.8 Å². The normalized spacial score (nSPS) is 15.0. The maximum Gasteiger partial charge on any atom is 0.0885 e. The zero-order chi connectivity index (χ0) is 15.1. The first-order chi connectivity index (χ1) is 8.60. The van der Waals surface area contributed by atoms with Gasteiger partial charge in [0.15, 0.2) is 0 Å². The minimum Gasteiger partial charge on any atom is -0.376 e. The minimum atomic E-state index is -0.300. The molecule has 1 atom stereocenters. The van der Waals surface area contributed by atoms with Crippen LogP contribution in [0, 0.1) is 0 Å². The van der Waals surface area contributed by atoms with E-state index in [1.54, 1.807) is 0 Å². The highest BCUT2D eigenvalue weighted by Gasteiger charge is 2.32. The van der Waals surface area contributed by atoms with E-state index in [4.69, 9.17) is 14.2 Å². The molecule has 0 radical (unpaired) electrons. The molecule has 0 aromatic heterocycles. The predicted molar refractivity (Wildman–Crippen MR) is 80.7 cm³/mol. The van der Waals surface area contributed by atoms with Gasteiger partial charge < -0.3 is 14.2 Å². The van der Waals surface area contributed by atoms with Gasteiger partial charge in [-0.25, -0.2) is 0 Å². The van der Waals surface area contributed by atoms with Crippen molar-refractivity contribution in [2.75, 3.05) is 13.2 Å². The quantitative estimate of drug-likeness (QED) is 0.559. The summed E-state index contributed by atoms with van der Waals surface area (Å²) < 4.78 is 17.6. The van der Waals surface area contributed by atoms with E-state index in [-0.39, 0.29) is 23.4 Å². The molecule has 3 heteroatoms. The van der Waals surface area contributed by atoms with E-state index in [0.29, 0.717) is 13.2 Å². The van der Waals surface area contributed by atoms with Gasteiger partial charge in [0, 0.05) is 0 Å². The van der Waals surface area contributed by atoms with Crippen LogP contribution in [0.3, 0.4) is 0 Å². The molecule has 0 amide bonds. The average Bonchev–Trinajstić information content (AvgIpc) is 2.23. The van der Waals surface area contributed by atoms with Gasteiger partial charge in [-0.2, -0.15) is 0 Å². The van der Waals surface area contributed by atoms with Crippen molar-refractivity contribution in [3.05, 3.63) is 0 Å². The van der Waals surface area contributed by atoms with E-state index < -0.39 is 0 Å². The highest BCUT2D eigenvalue weighted by atomic mass is 16.6. The molecule has 0 N–H and O–H groups in total. The summed E-state index contributed by atoms with van der Waals surface area (Å²) in [6.45, 7) is 18.0. The summed E-state index contributed by atoms with van der Waals surface area (Å²) in [6.07, 6.45) is 2.49. The van der Waals surface area contributed by atoms with E-state index in [2.05, 4.69) is 41.5 Å². The van der Waals surface area contributed by atoms with Crippen LogP contribution in [0.5, 0.6) is 0 Å². The fourth-order valence-corrected chi connectivity index (χ4v) is 1.99. The first-order valence-electron chi connectivity index (χ1n) is 7.54. The van der Waals surface area contributed by atoms with Crippen LogP contribution in [0.2, 0.25) is 0 Å². The molecular weight excluding hydrogens is 240 g/mol. The Morgan fingerprint density at radius 2 is 1.53 bits per heavy atom. The van der Waals surface area contributed by atoms with E-state index in [1.807, 2.05) is 13.8 Å². The fraction of sp³-hybridized carbons (Fsp3) is 1.00. The number of ether oxygens (including phenoxy) is 3. The van der Waals surface area contributed by atoms with Crippen LogP contribution in [0.1, 0.15) is 68.2 Å². The molecule has 0 aromatic carbocycles. The van der Waals surface area contributed by atoms with Crippen molar-refractivity contribution in [3.8, 4) is 0 Å². The first kappa shape index (κ1) is 18.9. The van der Waals surface area contributed by atoms with Crippen LogP contribution < -0.4 is 0 Å². The van der Waals surface area contributed by atoms with Crippen molar-refractivity contribution in [2.24, 2.45) is 0 Å². The van der Waals surface area contributed by atoms with Gasteiger partial charge in [-0.3, -0.25) is 0 Å². The second-order valence-electron chi connectivity index (χ2n) is 6.64. The molecule has 3 nitrogen and oxygen atoms in total. The molecule has 0 aromatic rings. The monoisotopic (exact) mass is 274 g/mol. The Morgan fingerprint density at radius 1 is 0.947 bits per heavy atom. The largest absolute Gasteiger partial charge is 0.376 e. The number of hydrogen-bond donors (Lipinski definition) is 0. The van der Waals surface area contributed by atoms with Crippen LogP contribution in [0.25, 0.3) is 0 Å².